The van der Waals surface area contributed by atoms with E-state index in [1.165, 1.54) is 13.0 Å². The molecule has 0 bridgehead atoms. The number of aryl methyl sites for hydroxylation is 2. The van der Waals surface area contributed by atoms with Crippen LogP contribution in [-0.2, 0) is 21.4 Å². The van der Waals surface area contributed by atoms with Gasteiger partial charge in [-0.25, -0.2) is 4.79 Å². The quantitative estimate of drug-likeness (QED) is 0.478. The summed E-state index contributed by atoms with van der Waals surface area (Å²) in [5, 5.41) is 7.01. The molecule has 2 rings (SSSR count). The van der Waals surface area contributed by atoms with Crippen LogP contribution in [0, 0.1) is 13.8 Å². The minimum absolute atomic E-state index is 0.393. The van der Waals surface area contributed by atoms with Crippen molar-refractivity contribution in [2.75, 3.05) is 11.6 Å². The summed E-state index contributed by atoms with van der Waals surface area (Å²) in [5.74, 6) is -0.962. The van der Waals surface area contributed by atoms with Gasteiger partial charge in [0, 0.05) is 18.0 Å². The highest BCUT2D eigenvalue weighted by Crippen LogP contribution is 2.19. The fraction of sp³-hybridized carbons (Fsp3) is 0.316. The molecule has 1 N–H and O–H groups in total. The highest BCUT2D eigenvalue weighted by atomic mass is 32.2. The summed E-state index contributed by atoms with van der Waals surface area (Å²) in [6, 6.07) is 7.79. The van der Waals surface area contributed by atoms with Gasteiger partial charge in [-0.15, -0.1) is 11.8 Å². The number of rotatable bonds is 6. The third-order valence-electron chi connectivity index (χ3n) is 3.95. The Labute approximate surface area is 157 Å². The summed E-state index contributed by atoms with van der Waals surface area (Å²) in [4.78, 5) is 25.3. The average Bonchev–Trinajstić information content (AvgIpc) is 2.86. The summed E-state index contributed by atoms with van der Waals surface area (Å²) in [6.45, 7) is 5.21. The van der Waals surface area contributed by atoms with Crippen LogP contribution in [-0.4, -0.2) is 34.0 Å². The van der Waals surface area contributed by atoms with Crippen molar-refractivity contribution in [3.63, 3.8) is 0 Å². The van der Waals surface area contributed by atoms with Gasteiger partial charge in [-0.3, -0.25) is 9.48 Å². The molecule has 0 saturated carbocycles. The Hall–Kier alpha value is -2.54. The van der Waals surface area contributed by atoms with E-state index in [1.807, 2.05) is 44.4 Å². The van der Waals surface area contributed by atoms with Crippen molar-refractivity contribution in [3.8, 4) is 0 Å². The lowest BCUT2D eigenvalue weighted by Crippen LogP contribution is -2.29. The van der Waals surface area contributed by atoms with Crippen LogP contribution in [0.5, 0.6) is 0 Å². The molecular formula is C19H23N3O3S. The molecule has 1 aromatic carbocycles. The third-order valence-corrected chi connectivity index (χ3v) is 4.69. The first-order valence-corrected chi connectivity index (χ1v) is 9.38. The Balaban J connectivity index is 1.92. The van der Waals surface area contributed by atoms with Crippen molar-refractivity contribution in [2.45, 2.75) is 31.8 Å². The van der Waals surface area contributed by atoms with E-state index < -0.39 is 18.0 Å². The second-order valence-electron chi connectivity index (χ2n) is 5.84. The van der Waals surface area contributed by atoms with Crippen molar-refractivity contribution >= 4 is 35.4 Å². The molecule has 7 heteroatoms. The lowest BCUT2D eigenvalue weighted by atomic mass is 10.2. The zero-order chi connectivity index (χ0) is 19.3. The summed E-state index contributed by atoms with van der Waals surface area (Å²) >= 11 is 1.65. The second kappa shape index (κ2) is 8.71. The Bertz CT molecular complexity index is 825. The molecule has 0 unspecified atom stereocenters. The minimum Gasteiger partial charge on any atom is -0.449 e. The Morgan fingerprint density at radius 1 is 1.27 bits per heavy atom. The summed E-state index contributed by atoms with van der Waals surface area (Å²) in [5.41, 5.74) is 3.08. The zero-order valence-electron chi connectivity index (χ0n) is 15.6. The maximum absolute atomic E-state index is 12.3. The van der Waals surface area contributed by atoms with Crippen molar-refractivity contribution < 1.29 is 14.3 Å². The van der Waals surface area contributed by atoms with Crippen LogP contribution in [0.4, 0.5) is 5.69 Å². The highest BCUT2D eigenvalue weighted by molar-refractivity contribution is 7.98. The van der Waals surface area contributed by atoms with Crippen LogP contribution >= 0.6 is 11.8 Å². The van der Waals surface area contributed by atoms with Crippen molar-refractivity contribution in [1.29, 1.82) is 0 Å². The number of hydrogen-bond donors (Lipinski definition) is 1. The van der Waals surface area contributed by atoms with Crippen LogP contribution in [0.15, 0.2) is 35.2 Å². The zero-order valence-corrected chi connectivity index (χ0v) is 16.4. The van der Waals surface area contributed by atoms with Gasteiger partial charge in [-0.1, -0.05) is 12.1 Å². The van der Waals surface area contributed by atoms with Gasteiger partial charge in [0.15, 0.2) is 6.10 Å². The number of benzene rings is 1. The maximum Gasteiger partial charge on any atom is 0.331 e. The number of nitrogens with zero attached hydrogens (tertiary/aromatic N) is 2. The summed E-state index contributed by atoms with van der Waals surface area (Å²) in [7, 11) is 1.80. The molecule has 0 aliphatic heterocycles. The second-order valence-corrected chi connectivity index (χ2v) is 6.72. The normalized spacial score (nSPS) is 12.2. The first kappa shape index (κ1) is 19.8. The molecule has 26 heavy (non-hydrogen) atoms. The number of ether oxygens (including phenoxy) is 1. The Morgan fingerprint density at radius 2 is 1.92 bits per heavy atom. The van der Waals surface area contributed by atoms with Gasteiger partial charge in [0.05, 0.1) is 17.1 Å². The summed E-state index contributed by atoms with van der Waals surface area (Å²) in [6.07, 6.45) is 4.07. The van der Waals surface area contributed by atoms with E-state index in [0.717, 1.165) is 16.2 Å². The molecule has 0 radical (unpaired) electrons. The van der Waals surface area contributed by atoms with E-state index in [2.05, 4.69) is 10.4 Å². The number of carbonyl (C=O) groups excluding carboxylic acids is 2. The largest absolute Gasteiger partial charge is 0.449 e. The first-order chi connectivity index (χ1) is 12.3. The topological polar surface area (TPSA) is 73.2 Å². The van der Waals surface area contributed by atoms with Crippen molar-refractivity contribution in [2.24, 2.45) is 7.05 Å². The van der Waals surface area contributed by atoms with Crippen LogP contribution < -0.4 is 5.32 Å². The number of carbonyl (C=O) groups is 2. The van der Waals surface area contributed by atoms with Gasteiger partial charge < -0.3 is 10.1 Å². The molecule has 138 valence electrons. The number of amides is 1. The molecule has 0 aliphatic carbocycles. The predicted octanol–water partition coefficient (Wildman–Crippen LogP) is 3.34. The summed E-state index contributed by atoms with van der Waals surface area (Å²) < 4.78 is 6.86. The standard InChI is InChI=1S/C19H23N3O3S/c1-12-18(13(2)22(4)21-12)20-19(24)14(3)25-17(23)11-8-15-6-9-16(26-5)10-7-15/h6-11,14H,1-5H3,(H,20,24)/b11-8+/t14-/m0/s1. The molecule has 1 heterocycles. The molecule has 1 aromatic heterocycles. The molecular weight excluding hydrogens is 350 g/mol. The Morgan fingerprint density at radius 3 is 2.46 bits per heavy atom. The minimum atomic E-state index is -0.912. The Kier molecular flexibility index (Phi) is 6.63. The lowest BCUT2D eigenvalue weighted by Gasteiger charge is -2.12. The molecule has 0 spiro atoms. The molecule has 0 saturated heterocycles. The van der Waals surface area contributed by atoms with Crippen LogP contribution in [0.25, 0.3) is 6.08 Å². The highest BCUT2D eigenvalue weighted by Gasteiger charge is 2.20. The van der Waals surface area contributed by atoms with Crippen molar-refractivity contribution in [1.82, 2.24) is 9.78 Å². The number of hydrogen-bond acceptors (Lipinski definition) is 5. The molecule has 2 aromatic rings. The fourth-order valence-corrected chi connectivity index (χ4v) is 2.73. The van der Waals surface area contributed by atoms with Gasteiger partial charge in [-0.05, 0) is 50.8 Å². The lowest BCUT2D eigenvalue weighted by molar-refractivity contribution is -0.148. The average molecular weight is 373 g/mol. The van der Waals surface area contributed by atoms with Crippen LogP contribution in [0.2, 0.25) is 0 Å². The molecule has 6 nitrogen and oxygen atoms in total. The number of esters is 1. The van der Waals surface area contributed by atoms with Crippen LogP contribution in [0.1, 0.15) is 23.9 Å². The van der Waals surface area contributed by atoms with Gasteiger partial charge in [0.25, 0.3) is 5.91 Å². The fourth-order valence-electron chi connectivity index (χ4n) is 2.33. The molecule has 0 aliphatic rings. The van der Waals surface area contributed by atoms with E-state index in [4.69, 9.17) is 4.74 Å². The third kappa shape index (κ3) is 4.98. The van der Waals surface area contributed by atoms with E-state index in [1.54, 1.807) is 29.6 Å². The van der Waals surface area contributed by atoms with Gasteiger partial charge >= 0.3 is 5.97 Å². The van der Waals surface area contributed by atoms with E-state index in [0.29, 0.717) is 11.4 Å². The van der Waals surface area contributed by atoms with E-state index in [-0.39, 0.29) is 0 Å². The number of nitrogens with one attached hydrogen (secondary N) is 1. The van der Waals surface area contributed by atoms with Gasteiger partial charge in [0.2, 0.25) is 0 Å². The number of thioether (sulfide) groups is 1. The smallest absolute Gasteiger partial charge is 0.331 e. The van der Waals surface area contributed by atoms with Gasteiger partial charge in [0.1, 0.15) is 0 Å². The van der Waals surface area contributed by atoms with Crippen molar-refractivity contribution in [3.05, 3.63) is 47.3 Å². The monoisotopic (exact) mass is 373 g/mol. The van der Waals surface area contributed by atoms with Gasteiger partial charge in [-0.2, -0.15) is 5.10 Å². The number of aromatic nitrogens is 2. The molecule has 1 amide bonds. The molecule has 0 fully saturated rings. The SMILES string of the molecule is CSc1ccc(/C=C/C(=O)O[C@@H](C)C(=O)Nc2c(C)nn(C)c2C)cc1. The van der Waals surface area contributed by atoms with Crippen LogP contribution in [0.3, 0.4) is 0 Å². The van der Waals surface area contributed by atoms with E-state index in [9.17, 15) is 9.59 Å². The number of anilines is 1. The first-order valence-electron chi connectivity index (χ1n) is 8.15. The molecule has 1 atom stereocenters. The van der Waals surface area contributed by atoms with E-state index >= 15 is 0 Å². The predicted molar refractivity (Wildman–Crippen MR) is 104 cm³/mol. The maximum atomic E-state index is 12.3.